The molecule has 1 heterocycles. The highest BCUT2D eigenvalue weighted by molar-refractivity contribution is 5.65. The quantitative estimate of drug-likeness (QED) is 0.753. The highest BCUT2D eigenvalue weighted by Gasteiger charge is 2.38. The van der Waals surface area contributed by atoms with Crippen LogP contribution in [0.3, 0.4) is 0 Å². The van der Waals surface area contributed by atoms with E-state index in [9.17, 15) is 4.79 Å². The summed E-state index contributed by atoms with van der Waals surface area (Å²) in [7, 11) is 0. The first kappa shape index (κ1) is 13.5. The fraction of sp³-hybridized carbons (Fsp3) is 0.923. The van der Waals surface area contributed by atoms with Crippen molar-refractivity contribution in [3.63, 3.8) is 0 Å². The van der Waals surface area contributed by atoms with Gasteiger partial charge in [0.25, 0.3) is 0 Å². The smallest absolute Gasteiger partial charge is 0.302 e. The number of rotatable bonds is 3. The van der Waals surface area contributed by atoms with Crippen molar-refractivity contribution < 1.29 is 9.53 Å². The lowest BCUT2D eigenvalue weighted by Crippen LogP contribution is -2.59. The summed E-state index contributed by atoms with van der Waals surface area (Å²) >= 11 is 0. The second-order valence-electron chi connectivity index (χ2n) is 6.17. The molecule has 0 aliphatic carbocycles. The Balaban J connectivity index is 2.51. The van der Waals surface area contributed by atoms with Gasteiger partial charge in [0.15, 0.2) is 0 Å². The zero-order valence-corrected chi connectivity index (χ0v) is 11.2. The normalized spacial score (nSPS) is 33.4. The molecule has 2 atom stereocenters. The van der Waals surface area contributed by atoms with E-state index in [0.717, 1.165) is 18.8 Å². The second kappa shape index (κ2) is 4.74. The lowest BCUT2D eigenvalue weighted by Gasteiger charge is -2.47. The number of piperidine rings is 1. The Kier molecular flexibility index (Phi) is 4.00. The van der Waals surface area contributed by atoms with Gasteiger partial charge in [-0.05, 0) is 46.0 Å². The first-order valence-electron chi connectivity index (χ1n) is 6.15. The van der Waals surface area contributed by atoms with Gasteiger partial charge in [-0.3, -0.25) is 4.79 Å². The third-order valence-electron chi connectivity index (χ3n) is 3.26. The van der Waals surface area contributed by atoms with Crippen LogP contribution < -0.4 is 5.32 Å². The summed E-state index contributed by atoms with van der Waals surface area (Å²) in [6.45, 7) is 11.0. The molecule has 0 radical (unpaired) electrons. The Morgan fingerprint density at radius 3 is 2.50 bits per heavy atom. The van der Waals surface area contributed by atoms with Gasteiger partial charge in [0.2, 0.25) is 0 Å². The van der Waals surface area contributed by atoms with Crippen LogP contribution >= 0.6 is 0 Å². The molecule has 3 nitrogen and oxygen atoms in total. The number of hydrogen-bond acceptors (Lipinski definition) is 3. The fourth-order valence-corrected chi connectivity index (χ4v) is 3.22. The molecule has 0 amide bonds. The predicted molar refractivity (Wildman–Crippen MR) is 65.3 cm³/mol. The van der Waals surface area contributed by atoms with E-state index in [2.05, 4.69) is 33.0 Å². The van der Waals surface area contributed by atoms with E-state index in [1.165, 1.54) is 13.3 Å². The monoisotopic (exact) mass is 227 g/mol. The molecule has 3 heteroatoms. The van der Waals surface area contributed by atoms with Crippen LogP contribution in [0.2, 0.25) is 0 Å². The minimum atomic E-state index is -0.188. The molecular weight excluding hydrogens is 202 g/mol. The first-order valence-corrected chi connectivity index (χ1v) is 6.15. The molecule has 1 fully saturated rings. The van der Waals surface area contributed by atoms with E-state index in [0.29, 0.717) is 6.61 Å². The SMILES string of the molecule is CC(=O)OCCC1(C)CC(C)CC(C)(C)N1. The van der Waals surface area contributed by atoms with Crippen molar-refractivity contribution in [1.82, 2.24) is 5.32 Å². The van der Waals surface area contributed by atoms with E-state index < -0.39 is 0 Å². The molecule has 1 saturated heterocycles. The van der Waals surface area contributed by atoms with Gasteiger partial charge in [0.05, 0.1) is 6.61 Å². The van der Waals surface area contributed by atoms with E-state index in [-0.39, 0.29) is 17.0 Å². The summed E-state index contributed by atoms with van der Waals surface area (Å²) in [5.41, 5.74) is 0.277. The van der Waals surface area contributed by atoms with Crippen LogP contribution in [0.15, 0.2) is 0 Å². The van der Waals surface area contributed by atoms with Crippen molar-refractivity contribution in [1.29, 1.82) is 0 Å². The van der Waals surface area contributed by atoms with Gasteiger partial charge >= 0.3 is 5.97 Å². The zero-order valence-electron chi connectivity index (χ0n) is 11.2. The third-order valence-corrected chi connectivity index (χ3v) is 3.26. The van der Waals surface area contributed by atoms with Crippen molar-refractivity contribution in [2.24, 2.45) is 5.92 Å². The van der Waals surface area contributed by atoms with Gasteiger partial charge in [0.1, 0.15) is 0 Å². The molecule has 0 aromatic rings. The molecule has 0 spiro atoms. The van der Waals surface area contributed by atoms with E-state index in [1.807, 2.05) is 0 Å². The first-order chi connectivity index (χ1) is 7.22. The molecule has 0 aromatic heterocycles. The highest BCUT2D eigenvalue weighted by Crippen LogP contribution is 2.34. The molecule has 16 heavy (non-hydrogen) atoms. The van der Waals surface area contributed by atoms with Crippen molar-refractivity contribution in [3.8, 4) is 0 Å². The summed E-state index contributed by atoms with van der Waals surface area (Å²) in [6, 6.07) is 0. The van der Waals surface area contributed by atoms with Gasteiger partial charge in [-0.15, -0.1) is 0 Å². The lowest BCUT2D eigenvalue weighted by atomic mass is 9.75. The molecule has 1 rings (SSSR count). The largest absolute Gasteiger partial charge is 0.466 e. The van der Waals surface area contributed by atoms with Gasteiger partial charge < -0.3 is 10.1 Å². The number of nitrogens with one attached hydrogen (secondary N) is 1. The second-order valence-corrected chi connectivity index (χ2v) is 6.17. The number of carbonyl (C=O) groups is 1. The summed E-state index contributed by atoms with van der Waals surface area (Å²) in [5, 5.41) is 3.68. The van der Waals surface area contributed by atoms with Crippen molar-refractivity contribution in [2.75, 3.05) is 6.61 Å². The van der Waals surface area contributed by atoms with Gasteiger partial charge in [-0.2, -0.15) is 0 Å². The van der Waals surface area contributed by atoms with Crippen LogP contribution in [0, 0.1) is 5.92 Å². The maximum Gasteiger partial charge on any atom is 0.302 e. The van der Waals surface area contributed by atoms with Crippen molar-refractivity contribution in [3.05, 3.63) is 0 Å². The topological polar surface area (TPSA) is 38.3 Å². The Hall–Kier alpha value is -0.570. The van der Waals surface area contributed by atoms with Crippen LogP contribution in [-0.2, 0) is 9.53 Å². The highest BCUT2D eigenvalue weighted by atomic mass is 16.5. The van der Waals surface area contributed by atoms with E-state index in [1.54, 1.807) is 0 Å². The molecule has 0 aromatic carbocycles. The lowest BCUT2D eigenvalue weighted by molar-refractivity contribution is -0.141. The number of hydrogen-bond donors (Lipinski definition) is 1. The van der Waals surface area contributed by atoms with Gasteiger partial charge in [-0.1, -0.05) is 6.92 Å². The van der Waals surface area contributed by atoms with E-state index >= 15 is 0 Å². The average molecular weight is 227 g/mol. The summed E-state index contributed by atoms with van der Waals surface area (Å²) in [5.74, 6) is 0.533. The molecule has 2 unspecified atom stereocenters. The van der Waals surface area contributed by atoms with Crippen LogP contribution in [0.5, 0.6) is 0 Å². The van der Waals surface area contributed by atoms with Crippen molar-refractivity contribution in [2.45, 2.75) is 65.0 Å². The predicted octanol–water partition coefficient (Wildman–Crippen LogP) is 2.50. The number of ether oxygens (including phenoxy) is 1. The minimum absolute atomic E-state index is 0.0939. The number of esters is 1. The summed E-state index contributed by atoms with van der Waals surface area (Å²) in [6.07, 6.45) is 3.24. The van der Waals surface area contributed by atoms with Crippen LogP contribution in [0.4, 0.5) is 0 Å². The van der Waals surface area contributed by atoms with E-state index in [4.69, 9.17) is 4.74 Å². The fourth-order valence-electron chi connectivity index (χ4n) is 3.22. The molecule has 1 aliphatic heterocycles. The maximum atomic E-state index is 10.7. The molecule has 94 valence electrons. The minimum Gasteiger partial charge on any atom is -0.466 e. The average Bonchev–Trinajstić information content (AvgIpc) is 1.96. The summed E-state index contributed by atoms with van der Waals surface area (Å²) in [4.78, 5) is 10.7. The summed E-state index contributed by atoms with van der Waals surface area (Å²) < 4.78 is 5.03. The van der Waals surface area contributed by atoms with Crippen LogP contribution in [-0.4, -0.2) is 23.7 Å². The van der Waals surface area contributed by atoms with Crippen molar-refractivity contribution >= 4 is 5.97 Å². The Morgan fingerprint density at radius 2 is 2.00 bits per heavy atom. The number of carbonyl (C=O) groups excluding carboxylic acids is 1. The maximum absolute atomic E-state index is 10.7. The van der Waals surface area contributed by atoms with Crippen LogP contribution in [0.1, 0.15) is 53.9 Å². The van der Waals surface area contributed by atoms with Crippen LogP contribution in [0.25, 0.3) is 0 Å². The standard InChI is InChI=1S/C13H25NO2/c1-10-8-12(3,4)14-13(5,9-10)6-7-16-11(2)15/h10,14H,6-9H2,1-5H3. The molecule has 0 saturated carbocycles. The third kappa shape index (κ3) is 4.12. The van der Waals surface area contributed by atoms with Gasteiger partial charge in [0, 0.05) is 18.0 Å². The molecule has 0 bridgehead atoms. The Morgan fingerprint density at radius 1 is 1.38 bits per heavy atom. The Labute approximate surface area is 98.9 Å². The molecule has 1 aliphatic rings. The Bertz CT molecular complexity index is 263. The van der Waals surface area contributed by atoms with Gasteiger partial charge in [-0.25, -0.2) is 0 Å². The zero-order chi connectivity index (χ0) is 12.4. The molecule has 1 N–H and O–H groups in total. The molecular formula is C13H25NO2.